The number of carbonyl (C=O) groups excluding carboxylic acids is 3. The molecule has 5 rings (SSSR count). The Bertz CT molecular complexity index is 1260. The first-order chi connectivity index (χ1) is 17.0. The molecule has 9 heteroatoms. The minimum atomic E-state index is -0.490. The molecule has 8 nitrogen and oxygen atoms in total. The molecule has 3 heterocycles. The van der Waals surface area contributed by atoms with Crippen molar-refractivity contribution in [3.05, 3.63) is 65.9 Å². The number of hydrogen-bond acceptors (Lipinski definition) is 6. The van der Waals surface area contributed by atoms with E-state index in [1.54, 1.807) is 24.3 Å². The molecule has 0 radical (unpaired) electrons. The van der Waals surface area contributed by atoms with E-state index in [9.17, 15) is 14.4 Å². The van der Waals surface area contributed by atoms with Gasteiger partial charge in [-0.05, 0) is 56.2 Å². The normalized spacial score (nSPS) is 18.5. The number of benzene rings is 2. The van der Waals surface area contributed by atoms with Crippen LogP contribution in [0.4, 0.5) is 5.69 Å². The maximum absolute atomic E-state index is 12.7. The lowest BCUT2D eigenvalue weighted by molar-refractivity contribution is -0.121. The number of fused-ring (bicyclic) bond motifs is 1. The lowest BCUT2D eigenvalue weighted by Gasteiger charge is -2.16. The monoisotopic (exact) mass is 490 g/mol. The Labute approximate surface area is 207 Å². The van der Waals surface area contributed by atoms with E-state index < -0.39 is 5.25 Å². The molecule has 2 aliphatic heterocycles. The summed E-state index contributed by atoms with van der Waals surface area (Å²) in [5.74, 6) is -0.0721. The van der Waals surface area contributed by atoms with Gasteiger partial charge in [-0.2, -0.15) is 4.99 Å². The Morgan fingerprint density at radius 2 is 1.89 bits per heavy atom. The van der Waals surface area contributed by atoms with Gasteiger partial charge in [0.2, 0.25) is 5.91 Å². The van der Waals surface area contributed by atoms with Crippen molar-refractivity contribution >= 4 is 51.3 Å². The van der Waals surface area contributed by atoms with Gasteiger partial charge in [0.05, 0.1) is 6.04 Å². The first-order valence-corrected chi connectivity index (χ1v) is 12.6. The highest BCUT2D eigenvalue weighted by atomic mass is 32.2. The SMILES string of the molecule is C[C@@H](NC(=O)c1ccc(NC(=O)C[C@@H]2SC(N3CCCC3)=NC2=O)cc1)c1cc2ccccc2o1. The quantitative estimate of drug-likeness (QED) is 0.533. The highest BCUT2D eigenvalue weighted by molar-refractivity contribution is 8.15. The molecular formula is C26H26N4O4S. The molecule has 2 aliphatic rings. The molecule has 3 aromatic rings. The number of aliphatic imine (C=N–C) groups is 1. The predicted molar refractivity (Wildman–Crippen MR) is 136 cm³/mol. The molecule has 3 amide bonds. The van der Waals surface area contributed by atoms with E-state index >= 15 is 0 Å². The van der Waals surface area contributed by atoms with Crippen molar-refractivity contribution in [3.8, 4) is 0 Å². The molecule has 0 saturated carbocycles. The molecule has 2 atom stereocenters. The summed E-state index contributed by atoms with van der Waals surface area (Å²) < 4.78 is 5.83. The van der Waals surface area contributed by atoms with Gasteiger partial charge >= 0.3 is 0 Å². The number of carbonyl (C=O) groups is 3. The van der Waals surface area contributed by atoms with E-state index in [0.717, 1.165) is 42.1 Å². The Kier molecular flexibility index (Phi) is 6.59. The van der Waals surface area contributed by atoms with E-state index in [4.69, 9.17) is 4.42 Å². The number of nitrogens with zero attached hydrogens (tertiary/aromatic N) is 2. The fraction of sp³-hybridized carbons (Fsp3) is 0.308. The van der Waals surface area contributed by atoms with Crippen LogP contribution in [0.25, 0.3) is 11.0 Å². The molecule has 2 aromatic carbocycles. The molecule has 2 N–H and O–H groups in total. The summed E-state index contributed by atoms with van der Waals surface area (Å²) in [6, 6.07) is 16.0. The van der Waals surface area contributed by atoms with Crippen LogP contribution in [-0.4, -0.2) is 46.1 Å². The molecule has 0 unspecified atom stereocenters. The van der Waals surface area contributed by atoms with E-state index in [1.165, 1.54) is 11.8 Å². The standard InChI is InChI=1S/C26H26N4O4S/c1-16(21-14-18-6-2-3-7-20(18)34-21)27-24(32)17-8-10-19(11-9-17)28-23(31)15-22-25(33)29-26(35-22)30-12-4-5-13-30/h2-3,6-11,14,16,22H,4-5,12-13,15H2,1H3,(H,27,32)(H,28,31)/t16-,22+/m1/s1. The van der Waals surface area contributed by atoms with Gasteiger partial charge in [-0.1, -0.05) is 30.0 Å². The average molecular weight is 491 g/mol. The topological polar surface area (TPSA) is 104 Å². The summed E-state index contributed by atoms with van der Waals surface area (Å²) >= 11 is 1.37. The second kappa shape index (κ2) is 9.95. The highest BCUT2D eigenvalue weighted by Crippen LogP contribution is 2.29. The lowest BCUT2D eigenvalue weighted by atomic mass is 10.1. The number of nitrogens with one attached hydrogen (secondary N) is 2. The van der Waals surface area contributed by atoms with Crippen molar-refractivity contribution in [2.24, 2.45) is 4.99 Å². The number of hydrogen-bond donors (Lipinski definition) is 2. The van der Waals surface area contributed by atoms with Crippen molar-refractivity contribution < 1.29 is 18.8 Å². The molecular weight excluding hydrogens is 464 g/mol. The summed E-state index contributed by atoms with van der Waals surface area (Å²) in [6.07, 6.45) is 2.26. The predicted octanol–water partition coefficient (Wildman–Crippen LogP) is 4.35. The zero-order valence-corrected chi connectivity index (χ0v) is 20.1. The van der Waals surface area contributed by atoms with Gasteiger partial charge in [-0.15, -0.1) is 0 Å². The number of thioether (sulfide) groups is 1. The van der Waals surface area contributed by atoms with Gasteiger partial charge in [0.15, 0.2) is 5.17 Å². The minimum absolute atomic E-state index is 0.0571. The van der Waals surface area contributed by atoms with Crippen LogP contribution >= 0.6 is 11.8 Å². The molecule has 1 aromatic heterocycles. The van der Waals surface area contributed by atoms with Crippen LogP contribution in [0, 0.1) is 0 Å². The summed E-state index contributed by atoms with van der Waals surface area (Å²) in [4.78, 5) is 43.7. The summed E-state index contributed by atoms with van der Waals surface area (Å²) in [5, 5.41) is 6.97. The second-order valence-electron chi connectivity index (χ2n) is 8.74. The third-order valence-electron chi connectivity index (χ3n) is 6.13. The number of amidine groups is 1. The van der Waals surface area contributed by atoms with Crippen LogP contribution in [0.1, 0.15) is 48.3 Å². The average Bonchev–Trinajstić information content (AvgIpc) is 3.60. The van der Waals surface area contributed by atoms with Gasteiger partial charge < -0.3 is 20.0 Å². The van der Waals surface area contributed by atoms with Gasteiger partial charge in [0.25, 0.3) is 11.8 Å². The minimum Gasteiger partial charge on any atom is -0.459 e. The van der Waals surface area contributed by atoms with Crippen LogP contribution < -0.4 is 10.6 Å². The van der Waals surface area contributed by atoms with E-state index in [1.807, 2.05) is 37.3 Å². The van der Waals surface area contributed by atoms with E-state index in [0.29, 0.717) is 17.0 Å². The van der Waals surface area contributed by atoms with Crippen molar-refractivity contribution in [1.82, 2.24) is 10.2 Å². The summed E-state index contributed by atoms with van der Waals surface area (Å²) in [7, 11) is 0. The maximum atomic E-state index is 12.7. The molecule has 0 aliphatic carbocycles. The summed E-state index contributed by atoms with van der Waals surface area (Å²) in [5.41, 5.74) is 1.81. The summed E-state index contributed by atoms with van der Waals surface area (Å²) in [6.45, 7) is 3.69. The Morgan fingerprint density at radius 3 is 2.63 bits per heavy atom. The Balaban J connectivity index is 1.13. The fourth-order valence-electron chi connectivity index (χ4n) is 4.21. The maximum Gasteiger partial charge on any atom is 0.262 e. The van der Waals surface area contributed by atoms with Crippen LogP contribution in [0.2, 0.25) is 0 Å². The third-order valence-corrected chi connectivity index (χ3v) is 7.34. The van der Waals surface area contributed by atoms with Crippen molar-refractivity contribution in [3.63, 3.8) is 0 Å². The van der Waals surface area contributed by atoms with Crippen LogP contribution in [0.5, 0.6) is 0 Å². The van der Waals surface area contributed by atoms with E-state index in [-0.39, 0.29) is 30.2 Å². The second-order valence-corrected chi connectivity index (χ2v) is 9.91. The van der Waals surface area contributed by atoms with Crippen molar-refractivity contribution in [2.75, 3.05) is 18.4 Å². The molecule has 1 fully saturated rings. The highest BCUT2D eigenvalue weighted by Gasteiger charge is 2.33. The number of anilines is 1. The van der Waals surface area contributed by atoms with Crippen LogP contribution in [0.3, 0.4) is 0 Å². The van der Waals surface area contributed by atoms with E-state index in [2.05, 4.69) is 20.5 Å². The van der Waals surface area contributed by atoms with Crippen molar-refractivity contribution in [2.45, 2.75) is 37.5 Å². The van der Waals surface area contributed by atoms with Gasteiger partial charge in [0, 0.05) is 36.1 Å². The van der Waals surface area contributed by atoms with Gasteiger partial charge in [-0.25, -0.2) is 0 Å². The molecule has 180 valence electrons. The third kappa shape index (κ3) is 5.24. The number of rotatable bonds is 6. The number of para-hydroxylation sites is 1. The largest absolute Gasteiger partial charge is 0.459 e. The molecule has 0 spiro atoms. The van der Waals surface area contributed by atoms with Crippen LogP contribution in [0.15, 0.2) is 64.0 Å². The first kappa shape index (κ1) is 23.2. The zero-order chi connectivity index (χ0) is 24.4. The lowest BCUT2D eigenvalue weighted by Crippen LogP contribution is -2.26. The van der Waals surface area contributed by atoms with Crippen LogP contribution in [-0.2, 0) is 9.59 Å². The Morgan fingerprint density at radius 1 is 1.14 bits per heavy atom. The number of likely N-dealkylation sites (tertiary alicyclic amines) is 1. The Hall–Kier alpha value is -3.59. The zero-order valence-electron chi connectivity index (χ0n) is 19.3. The van der Waals surface area contributed by atoms with Gasteiger partial charge in [0.1, 0.15) is 16.6 Å². The van der Waals surface area contributed by atoms with Crippen molar-refractivity contribution in [1.29, 1.82) is 0 Å². The molecule has 0 bridgehead atoms. The number of amides is 3. The van der Waals surface area contributed by atoms with Gasteiger partial charge in [-0.3, -0.25) is 14.4 Å². The molecule has 35 heavy (non-hydrogen) atoms. The molecule has 1 saturated heterocycles. The fourth-order valence-corrected chi connectivity index (χ4v) is 5.32. The first-order valence-electron chi connectivity index (χ1n) is 11.7. The number of furan rings is 1. The smallest absolute Gasteiger partial charge is 0.262 e.